The number of nitrogens with one attached hydrogen (secondary N) is 1. The van der Waals surface area contributed by atoms with Crippen LogP contribution in [-0.4, -0.2) is 16.7 Å². The number of phenolic OH excluding ortho intramolecular Hbond substituents is 1. The van der Waals surface area contributed by atoms with Crippen molar-refractivity contribution in [3.63, 3.8) is 0 Å². The lowest BCUT2D eigenvalue weighted by atomic mass is 10.1. The second kappa shape index (κ2) is 6.48. The second-order valence-electron chi connectivity index (χ2n) is 5.78. The van der Waals surface area contributed by atoms with Crippen LogP contribution >= 0.6 is 23.2 Å². The molecule has 0 unspecified atom stereocenters. The molecule has 0 aromatic heterocycles. The largest absolute Gasteiger partial charge is 0.506 e. The maximum atomic E-state index is 12.5. The number of carbonyl (C=O) groups excluding carboxylic acids is 1. The van der Waals surface area contributed by atoms with Gasteiger partial charge in [-0.05, 0) is 23.3 Å². The molecule has 0 aliphatic heterocycles. The van der Waals surface area contributed by atoms with Gasteiger partial charge < -0.3 is 5.11 Å². The molecule has 128 valence electrons. The van der Waals surface area contributed by atoms with Gasteiger partial charge in [0, 0.05) is 16.1 Å². The lowest BCUT2D eigenvalue weighted by Crippen LogP contribution is -2.20. The molecule has 0 bridgehead atoms. The number of amides is 1. The first-order chi connectivity index (χ1) is 12.6. The molecule has 0 radical (unpaired) electrons. The SMILES string of the molecule is O=C(NN=C1c2ccccc2-c2ccccc21)c1cc(Cl)cc(Cl)c1O. The first kappa shape index (κ1) is 16.6. The molecular formula is C20H12Cl2N2O2. The molecule has 0 atom stereocenters. The van der Waals surface area contributed by atoms with Gasteiger partial charge in [-0.1, -0.05) is 71.7 Å². The molecule has 0 saturated heterocycles. The molecule has 3 aromatic rings. The van der Waals surface area contributed by atoms with E-state index in [0.29, 0.717) is 5.71 Å². The Balaban J connectivity index is 1.73. The molecule has 6 heteroatoms. The molecule has 0 saturated carbocycles. The van der Waals surface area contributed by atoms with Crippen molar-refractivity contribution in [2.24, 2.45) is 5.10 Å². The van der Waals surface area contributed by atoms with Crippen LogP contribution in [0.5, 0.6) is 5.75 Å². The van der Waals surface area contributed by atoms with Crippen molar-refractivity contribution in [3.8, 4) is 16.9 Å². The smallest absolute Gasteiger partial charge is 0.275 e. The zero-order valence-corrected chi connectivity index (χ0v) is 14.8. The predicted octanol–water partition coefficient (Wildman–Crippen LogP) is 4.86. The summed E-state index contributed by atoms with van der Waals surface area (Å²) < 4.78 is 0. The van der Waals surface area contributed by atoms with E-state index < -0.39 is 5.91 Å². The number of aromatic hydroxyl groups is 1. The van der Waals surface area contributed by atoms with E-state index in [1.165, 1.54) is 12.1 Å². The molecule has 2 N–H and O–H groups in total. The third-order valence-electron chi connectivity index (χ3n) is 4.20. The van der Waals surface area contributed by atoms with Crippen LogP contribution in [0.2, 0.25) is 10.0 Å². The third-order valence-corrected chi connectivity index (χ3v) is 4.70. The van der Waals surface area contributed by atoms with E-state index >= 15 is 0 Å². The normalized spacial score (nSPS) is 11.7. The molecule has 4 rings (SSSR count). The molecule has 0 heterocycles. The molecule has 3 aromatic carbocycles. The van der Waals surface area contributed by atoms with Gasteiger partial charge in [0.1, 0.15) is 5.75 Å². The third kappa shape index (κ3) is 2.73. The van der Waals surface area contributed by atoms with Crippen molar-refractivity contribution in [3.05, 3.63) is 87.4 Å². The standard InChI is InChI=1S/C20H12Cl2N2O2/c21-11-9-16(19(25)17(22)10-11)20(26)24-23-18-14-7-3-1-5-12(14)13-6-2-4-8-15(13)18/h1-10,25H,(H,24,26). The van der Waals surface area contributed by atoms with Gasteiger partial charge in [-0.3, -0.25) is 4.79 Å². The van der Waals surface area contributed by atoms with Gasteiger partial charge in [-0.2, -0.15) is 5.10 Å². The number of benzene rings is 3. The summed E-state index contributed by atoms with van der Waals surface area (Å²) in [5.41, 5.74) is 7.10. The monoisotopic (exact) mass is 382 g/mol. The van der Waals surface area contributed by atoms with E-state index in [1.54, 1.807) is 0 Å². The average Bonchev–Trinajstić information content (AvgIpc) is 2.97. The second-order valence-corrected chi connectivity index (χ2v) is 6.62. The highest BCUT2D eigenvalue weighted by Gasteiger charge is 2.24. The summed E-state index contributed by atoms with van der Waals surface area (Å²) in [6.45, 7) is 0. The lowest BCUT2D eigenvalue weighted by Gasteiger charge is -2.07. The van der Waals surface area contributed by atoms with E-state index in [2.05, 4.69) is 10.5 Å². The highest BCUT2D eigenvalue weighted by molar-refractivity contribution is 6.36. The van der Waals surface area contributed by atoms with Crippen molar-refractivity contribution in [1.82, 2.24) is 5.43 Å². The first-order valence-corrected chi connectivity index (χ1v) is 8.57. The number of halogens is 2. The Morgan fingerprint density at radius 3 is 2.00 bits per heavy atom. The Labute approximate surface area is 159 Å². The van der Waals surface area contributed by atoms with E-state index in [4.69, 9.17) is 23.2 Å². The van der Waals surface area contributed by atoms with Crippen molar-refractivity contribution in [2.45, 2.75) is 0 Å². The summed E-state index contributed by atoms with van der Waals surface area (Å²) in [6.07, 6.45) is 0. The number of hydrogen-bond donors (Lipinski definition) is 2. The van der Waals surface area contributed by atoms with Crippen LogP contribution in [-0.2, 0) is 0 Å². The number of nitrogens with zero attached hydrogens (tertiary/aromatic N) is 1. The summed E-state index contributed by atoms with van der Waals surface area (Å²) in [5.74, 6) is -0.928. The van der Waals surface area contributed by atoms with Gasteiger partial charge in [-0.25, -0.2) is 5.43 Å². The van der Waals surface area contributed by atoms with E-state index in [1.807, 2.05) is 48.5 Å². The van der Waals surface area contributed by atoms with E-state index in [-0.39, 0.29) is 21.4 Å². The molecule has 0 spiro atoms. The lowest BCUT2D eigenvalue weighted by molar-refractivity contribution is 0.0952. The number of hydrogen-bond acceptors (Lipinski definition) is 3. The molecular weight excluding hydrogens is 371 g/mol. The molecule has 0 fully saturated rings. The van der Waals surface area contributed by atoms with Crippen molar-refractivity contribution in [2.75, 3.05) is 0 Å². The first-order valence-electron chi connectivity index (χ1n) is 7.81. The molecule has 4 nitrogen and oxygen atoms in total. The molecule has 1 aliphatic rings. The minimum atomic E-state index is -0.596. The zero-order valence-electron chi connectivity index (χ0n) is 13.3. The molecule has 26 heavy (non-hydrogen) atoms. The fourth-order valence-corrected chi connectivity index (χ4v) is 3.51. The minimum Gasteiger partial charge on any atom is -0.506 e. The van der Waals surface area contributed by atoms with Crippen LogP contribution in [0.25, 0.3) is 11.1 Å². The fourth-order valence-electron chi connectivity index (χ4n) is 3.02. The average molecular weight is 383 g/mol. The van der Waals surface area contributed by atoms with Crippen LogP contribution in [0, 0.1) is 0 Å². The Hall–Kier alpha value is -2.82. The number of phenols is 1. The number of carbonyl (C=O) groups is 1. The topological polar surface area (TPSA) is 61.7 Å². The summed E-state index contributed by atoms with van der Waals surface area (Å²) in [6, 6.07) is 18.4. The van der Waals surface area contributed by atoms with Crippen molar-refractivity contribution in [1.29, 1.82) is 0 Å². The van der Waals surface area contributed by atoms with Gasteiger partial charge in [0.05, 0.1) is 16.3 Å². The zero-order chi connectivity index (χ0) is 18.3. The van der Waals surface area contributed by atoms with Gasteiger partial charge in [0.25, 0.3) is 5.91 Å². The Morgan fingerprint density at radius 1 is 0.885 bits per heavy atom. The van der Waals surface area contributed by atoms with Crippen LogP contribution in [0.4, 0.5) is 0 Å². The maximum absolute atomic E-state index is 12.5. The summed E-state index contributed by atoms with van der Waals surface area (Å²) in [5, 5.41) is 14.6. The minimum absolute atomic E-state index is 0.00635. The van der Waals surface area contributed by atoms with Gasteiger partial charge >= 0.3 is 0 Å². The fraction of sp³-hybridized carbons (Fsp3) is 0. The number of fused-ring (bicyclic) bond motifs is 3. The van der Waals surface area contributed by atoms with Gasteiger partial charge in [0.2, 0.25) is 0 Å². The molecule has 1 aliphatic carbocycles. The number of rotatable bonds is 2. The maximum Gasteiger partial charge on any atom is 0.275 e. The van der Waals surface area contributed by atoms with Crippen molar-refractivity contribution >= 4 is 34.8 Å². The Morgan fingerprint density at radius 2 is 1.42 bits per heavy atom. The summed E-state index contributed by atoms with van der Waals surface area (Å²) in [7, 11) is 0. The number of hydrazone groups is 1. The van der Waals surface area contributed by atoms with Crippen molar-refractivity contribution < 1.29 is 9.90 Å². The van der Waals surface area contributed by atoms with Crippen LogP contribution in [0.15, 0.2) is 65.8 Å². The molecule has 1 amide bonds. The quantitative estimate of drug-likeness (QED) is 0.486. The summed E-state index contributed by atoms with van der Waals surface area (Å²) in [4.78, 5) is 12.5. The van der Waals surface area contributed by atoms with Gasteiger partial charge in [0.15, 0.2) is 0 Å². The van der Waals surface area contributed by atoms with E-state index in [0.717, 1.165) is 22.3 Å². The summed E-state index contributed by atoms with van der Waals surface area (Å²) >= 11 is 11.8. The van der Waals surface area contributed by atoms with Crippen LogP contribution < -0.4 is 5.43 Å². The Kier molecular flexibility index (Phi) is 4.15. The Bertz CT molecular complexity index is 1030. The highest BCUT2D eigenvalue weighted by Crippen LogP contribution is 2.36. The van der Waals surface area contributed by atoms with Crippen LogP contribution in [0.3, 0.4) is 0 Å². The highest BCUT2D eigenvalue weighted by atomic mass is 35.5. The van der Waals surface area contributed by atoms with Gasteiger partial charge in [-0.15, -0.1) is 0 Å². The van der Waals surface area contributed by atoms with Crippen LogP contribution in [0.1, 0.15) is 21.5 Å². The predicted molar refractivity (Wildman–Crippen MR) is 103 cm³/mol. The van der Waals surface area contributed by atoms with E-state index in [9.17, 15) is 9.90 Å².